The average Bonchev–Trinajstić information content (AvgIpc) is 2.41. The molecular formula is C13H25N3O2. The summed E-state index contributed by atoms with van der Waals surface area (Å²) in [5.41, 5.74) is 5.89. The smallest absolute Gasteiger partial charge is 0.239 e. The Morgan fingerprint density at radius 1 is 1.28 bits per heavy atom. The number of nitrogens with one attached hydrogen (secondary N) is 1. The minimum Gasteiger partial charge on any atom is -0.378 e. The highest BCUT2D eigenvalue weighted by atomic mass is 16.5. The Labute approximate surface area is 109 Å². The van der Waals surface area contributed by atoms with Crippen molar-refractivity contribution in [2.45, 2.75) is 50.7 Å². The van der Waals surface area contributed by atoms with Crippen LogP contribution in [0.15, 0.2) is 0 Å². The Balaban J connectivity index is 1.76. The van der Waals surface area contributed by atoms with Crippen molar-refractivity contribution >= 4 is 5.91 Å². The highest BCUT2D eigenvalue weighted by Crippen LogP contribution is 2.17. The summed E-state index contributed by atoms with van der Waals surface area (Å²) in [6, 6.07) is 0.709. The molecular weight excluding hydrogens is 230 g/mol. The molecule has 2 aliphatic rings. The van der Waals surface area contributed by atoms with Gasteiger partial charge in [0, 0.05) is 25.2 Å². The number of rotatable bonds is 3. The number of carbonyl (C=O) groups is 1. The molecule has 1 aliphatic heterocycles. The van der Waals surface area contributed by atoms with E-state index >= 15 is 0 Å². The van der Waals surface area contributed by atoms with Crippen LogP contribution in [0.5, 0.6) is 0 Å². The van der Waals surface area contributed by atoms with E-state index in [0.29, 0.717) is 25.3 Å². The van der Waals surface area contributed by atoms with E-state index in [9.17, 15) is 4.79 Å². The van der Waals surface area contributed by atoms with Crippen LogP contribution in [0.2, 0.25) is 0 Å². The Morgan fingerprint density at radius 3 is 2.50 bits per heavy atom. The van der Waals surface area contributed by atoms with Gasteiger partial charge in [-0.25, -0.2) is 0 Å². The molecule has 0 aromatic heterocycles. The number of nitrogens with zero attached hydrogens (tertiary/aromatic N) is 1. The number of ether oxygens (including phenoxy) is 1. The molecule has 1 atom stereocenters. The molecule has 0 aromatic carbocycles. The Morgan fingerprint density at radius 2 is 1.89 bits per heavy atom. The van der Waals surface area contributed by atoms with Crippen LogP contribution in [0.25, 0.3) is 0 Å². The van der Waals surface area contributed by atoms with Crippen molar-refractivity contribution in [2.75, 3.05) is 26.3 Å². The first kappa shape index (κ1) is 13.8. The normalized spacial score (nSPS) is 31.1. The van der Waals surface area contributed by atoms with Gasteiger partial charge in [-0.15, -0.1) is 0 Å². The molecule has 2 rings (SSSR count). The van der Waals surface area contributed by atoms with Crippen molar-refractivity contribution in [2.24, 2.45) is 5.73 Å². The first-order chi connectivity index (χ1) is 8.66. The molecule has 0 bridgehead atoms. The fourth-order valence-electron chi connectivity index (χ4n) is 2.77. The lowest BCUT2D eigenvalue weighted by Gasteiger charge is -2.33. The van der Waals surface area contributed by atoms with Crippen molar-refractivity contribution in [3.05, 3.63) is 0 Å². The van der Waals surface area contributed by atoms with Crippen LogP contribution in [-0.4, -0.2) is 55.2 Å². The van der Waals surface area contributed by atoms with Crippen LogP contribution < -0.4 is 11.1 Å². The second kappa shape index (κ2) is 6.50. The van der Waals surface area contributed by atoms with Gasteiger partial charge in [-0.3, -0.25) is 4.79 Å². The zero-order valence-corrected chi connectivity index (χ0v) is 11.2. The van der Waals surface area contributed by atoms with Gasteiger partial charge in [-0.1, -0.05) is 0 Å². The predicted molar refractivity (Wildman–Crippen MR) is 70.2 cm³/mol. The van der Waals surface area contributed by atoms with Crippen molar-refractivity contribution in [1.82, 2.24) is 10.2 Å². The summed E-state index contributed by atoms with van der Waals surface area (Å²) in [6.45, 7) is 4.74. The third-order valence-electron chi connectivity index (χ3n) is 3.95. The van der Waals surface area contributed by atoms with Crippen molar-refractivity contribution < 1.29 is 9.53 Å². The maximum atomic E-state index is 12.2. The molecule has 1 amide bonds. The number of morpholine rings is 1. The Hall–Kier alpha value is -0.650. The minimum atomic E-state index is -0.0950. The van der Waals surface area contributed by atoms with Crippen LogP contribution >= 0.6 is 0 Å². The lowest BCUT2D eigenvalue weighted by Crippen LogP contribution is -2.52. The summed E-state index contributed by atoms with van der Waals surface area (Å²) in [5, 5.41) is 3.45. The summed E-state index contributed by atoms with van der Waals surface area (Å²) in [5.74, 6) is 0.202. The monoisotopic (exact) mass is 255 g/mol. The van der Waals surface area contributed by atoms with E-state index in [0.717, 1.165) is 38.8 Å². The molecule has 0 radical (unpaired) electrons. The number of nitrogens with two attached hydrogens (primary N) is 1. The Bertz CT molecular complexity index is 271. The van der Waals surface area contributed by atoms with Crippen LogP contribution in [0, 0.1) is 0 Å². The molecule has 5 heteroatoms. The molecule has 3 N–H and O–H groups in total. The average molecular weight is 255 g/mol. The van der Waals surface area contributed by atoms with Crippen LogP contribution in [0.1, 0.15) is 32.6 Å². The van der Waals surface area contributed by atoms with E-state index in [4.69, 9.17) is 10.5 Å². The third-order valence-corrected chi connectivity index (χ3v) is 3.95. The highest BCUT2D eigenvalue weighted by molar-refractivity contribution is 5.81. The molecule has 1 saturated heterocycles. The summed E-state index contributed by atoms with van der Waals surface area (Å²) in [4.78, 5) is 14.1. The van der Waals surface area contributed by atoms with Gasteiger partial charge in [0.15, 0.2) is 0 Å². The zero-order valence-electron chi connectivity index (χ0n) is 11.2. The van der Waals surface area contributed by atoms with E-state index in [-0.39, 0.29) is 11.9 Å². The quantitative estimate of drug-likeness (QED) is 0.750. The van der Waals surface area contributed by atoms with Crippen LogP contribution in [0.4, 0.5) is 0 Å². The summed E-state index contributed by atoms with van der Waals surface area (Å²) < 4.78 is 5.26. The van der Waals surface area contributed by atoms with Crippen molar-refractivity contribution in [3.63, 3.8) is 0 Å². The predicted octanol–water partition coefficient (Wildman–Crippen LogP) is 0.0932. The molecule has 1 saturated carbocycles. The van der Waals surface area contributed by atoms with Gasteiger partial charge in [0.1, 0.15) is 0 Å². The molecule has 1 unspecified atom stereocenters. The van der Waals surface area contributed by atoms with Crippen molar-refractivity contribution in [3.8, 4) is 0 Å². The van der Waals surface area contributed by atoms with E-state index in [1.807, 2.05) is 11.8 Å². The molecule has 1 heterocycles. The molecule has 2 fully saturated rings. The standard InChI is InChI=1S/C13H25N3O2/c1-10(13(17)16-6-8-18-9-7-16)15-12-4-2-11(14)3-5-12/h10-12,15H,2-9,14H2,1H3. The SMILES string of the molecule is CC(NC1CCC(N)CC1)C(=O)N1CCOCC1. The lowest BCUT2D eigenvalue weighted by atomic mass is 9.91. The lowest BCUT2D eigenvalue weighted by molar-refractivity contribution is -0.137. The number of hydrogen-bond donors (Lipinski definition) is 2. The first-order valence-electron chi connectivity index (χ1n) is 7.05. The molecule has 104 valence electrons. The number of carbonyl (C=O) groups excluding carboxylic acids is 1. The van der Waals surface area contributed by atoms with E-state index < -0.39 is 0 Å². The zero-order chi connectivity index (χ0) is 13.0. The van der Waals surface area contributed by atoms with Gasteiger partial charge in [0.25, 0.3) is 0 Å². The van der Waals surface area contributed by atoms with E-state index in [1.54, 1.807) is 0 Å². The van der Waals surface area contributed by atoms with Crippen molar-refractivity contribution in [1.29, 1.82) is 0 Å². The van der Waals surface area contributed by atoms with Gasteiger partial charge >= 0.3 is 0 Å². The van der Waals surface area contributed by atoms with Gasteiger partial charge < -0.3 is 20.7 Å². The molecule has 0 spiro atoms. The Kier molecular flexibility index (Phi) is 4.97. The molecule has 5 nitrogen and oxygen atoms in total. The fourth-order valence-corrected chi connectivity index (χ4v) is 2.77. The highest BCUT2D eigenvalue weighted by Gasteiger charge is 2.26. The first-order valence-corrected chi connectivity index (χ1v) is 7.05. The summed E-state index contributed by atoms with van der Waals surface area (Å²) in [7, 11) is 0. The maximum Gasteiger partial charge on any atom is 0.239 e. The molecule has 1 aliphatic carbocycles. The third kappa shape index (κ3) is 3.67. The summed E-state index contributed by atoms with van der Waals surface area (Å²) in [6.07, 6.45) is 4.30. The van der Waals surface area contributed by atoms with E-state index in [1.165, 1.54) is 0 Å². The topological polar surface area (TPSA) is 67.6 Å². The maximum absolute atomic E-state index is 12.2. The van der Waals surface area contributed by atoms with Crippen LogP contribution in [0.3, 0.4) is 0 Å². The number of amides is 1. The second-order valence-corrected chi connectivity index (χ2v) is 5.44. The minimum absolute atomic E-state index is 0.0950. The van der Waals surface area contributed by atoms with E-state index in [2.05, 4.69) is 5.32 Å². The van der Waals surface area contributed by atoms with Gasteiger partial charge in [0.05, 0.1) is 19.3 Å². The second-order valence-electron chi connectivity index (χ2n) is 5.44. The molecule has 18 heavy (non-hydrogen) atoms. The number of hydrogen-bond acceptors (Lipinski definition) is 4. The van der Waals surface area contributed by atoms with Gasteiger partial charge in [-0.05, 0) is 32.6 Å². The van der Waals surface area contributed by atoms with Gasteiger partial charge in [0.2, 0.25) is 5.91 Å². The largest absolute Gasteiger partial charge is 0.378 e. The molecule has 0 aromatic rings. The van der Waals surface area contributed by atoms with Crippen LogP contribution in [-0.2, 0) is 9.53 Å². The fraction of sp³-hybridized carbons (Fsp3) is 0.923. The summed E-state index contributed by atoms with van der Waals surface area (Å²) >= 11 is 0. The van der Waals surface area contributed by atoms with Gasteiger partial charge in [-0.2, -0.15) is 0 Å².